The summed E-state index contributed by atoms with van der Waals surface area (Å²) in [7, 11) is 1.45. The molecule has 0 radical (unpaired) electrons. The lowest BCUT2D eigenvalue weighted by atomic mass is 10.2. The van der Waals surface area contributed by atoms with Crippen molar-refractivity contribution in [2.24, 2.45) is 0 Å². The highest BCUT2D eigenvalue weighted by Gasteiger charge is 2.23. The number of carboxylic acid groups (broad SMARTS) is 1. The van der Waals surface area contributed by atoms with Gasteiger partial charge >= 0.3 is 5.97 Å². The molecular formula is C15H18N4O3. The minimum Gasteiger partial charge on any atom is -0.480 e. The van der Waals surface area contributed by atoms with Crippen LogP contribution in [0.15, 0.2) is 24.4 Å². The summed E-state index contributed by atoms with van der Waals surface area (Å²) in [6.45, 7) is 5.27. The number of carboxylic acids is 1. The molecule has 0 aliphatic rings. The minimum absolute atomic E-state index is 0.334. The van der Waals surface area contributed by atoms with E-state index in [1.807, 2.05) is 19.9 Å². The molecule has 0 saturated carbocycles. The average Bonchev–Trinajstić information content (AvgIpc) is 2.83. The molecule has 2 aromatic rings. The van der Waals surface area contributed by atoms with Gasteiger partial charge in [0, 0.05) is 18.9 Å². The molecule has 1 amide bonds. The van der Waals surface area contributed by atoms with Crippen LogP contribution in [0.2, 0.25) is 0 Å². The highest BCUT2D eigenvalue weighted by Crippen LogP contribution is 2.12. The summed E-state index contributed by atoms with van der Waals surface area (Å²) in [5, 5.41) is 13.3. The number of amides is 1. The van der Waals surface area contributed by atoms with Gasteiger partial charge in [0.1, 0.15) is 6.04 Å². The highest BCUT2D eigenvalue weighted by molar-refractivity contribution is 5.96. The molecule has 7 nitrogen and oxygen atoms in total. The molecule has 0 aromatic carbocycles. The Morgan fingerprint density at radius 1 is 1.32 bits per heavy atom. The average molecular weight is 302 g/mol. The third kappa shape index (κ3) is 2.98. The zero-order chi connectivity index (χ0) is 16.4. The van der Waals surface area contributed by atoms with Crippen LogP contribution >= 0.6 is 0 Å². The van der Waals surface area contributed by atoms with Crippen LogP contribution in [-0.4, -0.2) is 49.7 Å². The van der Waals surface area contributed by atoms with Crippen molar-refractivity contribution >= 4 is 11.9 Å². The first-order valence-corrected chi connectivity index (χ1v) is 6.81. The molecule has 0 aliphatic heterocycles. The van der Waals surface area contributed by atoms with Crippen molar-refractivity contribution in [1.29, 1.82) is 0 Å². The van der Waals surface area contributed by atoms with Gasteiger partial charge in [0.05, 0.1) is 11.3 Å². The van der Waals surface area contributed by atoms with E-state index in [0.29, 0.717) is 11.4 Å². The third-order valence-corrected chi connectivity index (χ3v) is 3.48. The maximum absolute atomic E-state index is 12.2. The molecule has 0 aliphatic carbocycles. The van der Waals surface area contributed by atoms with Crippen LogP contribution in [0.3, 0.4) is 0 Å². The molecule has 0 spiro atoms. The van der Waals surface area contributed by atoms with Crippen LogP contribution in [0.5, 0.6) is 0 Å². The SMILES string of the molecule is Cc1cc(C)n(-c2ccc(C(=O)N(C)C(C)C(=O)O)cn2)n1. The Kier molecular flexibility index (Phi) is 4.25. The molecule has 1 atom stereocenters. The van der Waals surface area contributed by atoms with Gasteiger partial charge in [-0.15, -0.1) is 0 Å². The predicted molar refractivity (Wildman–Crippen MR) is 80.0 cm³/mol. The zero-order valence-electron chi connectivity index (χ0n) is 12.9. The fourth-order valence-corrected chi connectivity index (χ4v) is 2.04. The van der Waals surface area contributed by atoms with Crippen LogP contribution in [0.4, 0.5) is 0 Å². The van der Waals surface area contributed by atoms with Crippen molar-refractivity contribution in [3.63, 3.8) is 0 Å². The van der Waals surface area contributed by atoms with Gasteiger partial charge < -0.3 is 10.0 Å². The number of carbonyl (C=O) groups excluding carboxylic acids is 1. The molecule has 0 saturated heterocycles. The molecule has 116 valence electrons. The van der Waals surface area contributed by atoms with Crippen LogP contribution in [0, 0.1) is 13.8 Å². The van der Waals surface area contributed by atoms with Crippen molar-refractivity contribution < 1.29 is 14.7 Å². The number of aryl methyl sites for hydroxylation is 2. The number of rotatable bonds is 4. The topological polar surface area (TPSA) is 88.3 Å². The highest BCUT2D eigenvalue weighted by atomic mass is 16.4. The van der Waals surface area contributed by atoms with Crippen LogP contribution < -0.4 is 0 Å². The Morgan fingerprint density at radius 3 is 2.45 bits per heavy atom. The van der Waals surface area contributed by atoms with Gasteiger partial charge in [-0.2, -0.15) is 5.10 Å². The van der Waals surface area contributed by atoms with Crippen molar-refractivity contribution in [1.82, 2.24) is 19.7 Å². The summed E-state index contributed by atoms with van der Waals surface area (Å²) >= 11 is 0. The lowest BCUT2D eigenvalue weighted by Crippen LogP contribution is -2.40. The zero-order valence-corrected chi connectivity index (χ0v) is 12.9. The molecule has 0 bridgehead atoms. The summed E-state index contributed by atoms with van der Waals surface area (Å²) in [6, 6.07) is 4.34. The van der Waals surface area contributed by atoms with E-state index in [9.17, 15) is 9.59 Å². The maximum Gasteiger partial charge on any atom is 0.326 e. The van der Waals surface area contributed by atoms with Crippen molar-refractivity contribution in [2.45, 2.75) is 26.8 Å². The summed E-state index contributed by atoms with van der Waals surface area (Å²) in [5.74, 6) is -0.832. The largest absolute Gasteiger partial charge is 0.480 e. The number of nitrogens with zero attached hydrogens (tertiary/aromatic N) is 4. The Bertz CT molecular complexity index is 706. The molecule has 1 N–H and O–H groups in total. The lowest BCUT2D eigenvalue weighted by Gasteiger charge is -2.21. The van der Waals surface area contributed by atoms with Crippen LogP contribution in [0.1, 0.15) is 28.7 Å². The van der Waals surface area contributed by atoms with Crippen molar-refractivity contribution in [3.05, 3.63) is 41.3 Å². The monoisotopic (exact) mass is 302 g/mol. The first kappa shape index (κ1) is 15.7. The normalized spacial score (nSPS) is 12.0. The number of likely N-dealkylation sites (N-methyl/N-ethyl adjacent to an activating group) is 1. The maximum atomic E-state index is 12.2. The fourth-order valence-electron chi connectivity index (χ4n) is 2.04. The molecule has 0 fully saturated rings. The number of aliphatic carboxylic acids is 1. The number of aromatic nitrogens is 3. The standard InChI is InChI=1S/C15H18N4O3/c1-9-7-10(2)19(17-9)13-6-5-12(8-16-13)14(20)18(4)11(3)15(21)22/h5-8,11H,1-4H3,(H,21,22). The van der Waals surface area contributed by atoms with Crippen molar-refractivity contribution in [2.75, 3.05) is 7.05 Å². The second-order valence-corrected chi connectivity index (χ2v) is 5.17. The van der Waals surface area contributed by atoms with Gasteiger partial charge in [0.15, 0.2) is 5.82 Å². The fraction of sp³-hybridized carbons (Fsp3) is 0.333. The predicted octanol–water partition coefficient (Wildman–Crippen LogP) is 1.43. The van der Waals surface area contributed by atoms with E-state index < -0.39 is 12.0 Å². The molecular weight excluding hydrogens is 284 g/mol. The van der Waals surface area contributed by atoms with Gasteiger partial charge in [-0.05, 0) is 39.0 Å². The van der Waals surface area contributed by atoms with Gasteiger partial charge in [0.25, 0.3) is 5.91 Å². The van der Waals surface area contributed by atoms with Gasteiger partial charge in [0.2, 0.25) is 0 Å². The van der Waals surface area contributed by atoms with E-state index in [0.717, 1.165) is 11.4 Å². The van der Waals surface area contributed by atoms with E-state index >= 15 is 0 Å². The van der Waals surface area contributed by atoms with E-state index in [1.54, 1.807) is 16.8 Å². The second-order valence-electron chi connectivity index (χ2n) is 5.17. The number of hydrogen-bond acceptors (Lipinski definition) is 4. The molecule has 22 heavy (non-hydrogen) atoms. The van der Waals surface area contributed by atoms with Crippen LogP contribution in [-0.2, 0) is 4.79 Å². The molecule has 1 unspecified atom stereocenters. The Hall–Kier alpha value is -2.70. The molecule has 2 heterocycles. The minimum atomic E-state index is -1.05. The Morgan fingerprint density at radius 2 is 2.00 bits per heavy atom. The van der Waals surface area contributed by atoms with E-state index in [1.165, 1.54) is 25.1 Å². The number of carbonyl (C=O) groups is 2. The summed E-state index contributed by atoms with van der Waals surface area (Å²) in [4.78, 5) is 28.5. The first-order valence-electron chi connectivity index (χ1n) is 6.81. The molecule has 7 heteroatoms. The van der Waals surface area contributed by atoms with Gasteiger partial charge in [-0.25, -0.2) is 14.5 Å². The van der Waals surface area contributed by atoms with E-state index in [2.05, 4.69) is 10.1 Å². The second kappa shape index (κ2) is 5.97. The van der Waals surface area contributed by atoms with Crippen LogP contribution in [0.25, 0.3) is 5.82 Å². The number of hydrogen-bond donors (Lipinski definition) is 1. The van der Waals surface area contributed by atoms with Gasteiger partial charge in [-0.1, -0.05) is 0 Å². The smallest absolute Gasteiger partial charge is 0.326 e. The Balaban J connectivity index is 2.24. The first-order chi connectivity index (χ1) is 10.3. The van der Waals surface area contributed by atoms with Crippen molar-refractivity contribution in [3.8, 4) is 5.82 Å². The molecule has 2 rings (SSSR count). The Labute approximate surface area is 128 Å². The summed E-state index contributed by atoms with van der Waals surface area (Å²) in [5.41, 5.74) is 2.16. The summed E-state index contributed by atoms with van der Waals surface area (Å²) in [6.07, 6.45) is 1.43. The van der Waals surface area contributed by atoms with Gasteiger partial charge in [-0.3, -0.25) is 4.79 Å². The number of pyridine rings is 1. The third-order valence-electron chi connectivity index (χ3n) is 3.48. The van der Waals surface area contributed by atoms with E-state index in [4.69, 9.17) is 5.11 Å². The van der Waals surface area contributed by atoms with E-state index in [-0.39, 0.29) is 5.91 Å². The quantitative estimate of drug-likeness (QED) is 0.923. The lowest BCUT2D eigenvalue weighted by molar-refractivity contribution is -0.141. The summed E-state index contributed by atoms with van der Waals surface area (Å²) < 4.78 is 1.69. The molecule has 2 aromatic heterocycles.